The molecule has 4 unspecified atom stereocenters. The maximum Gasteiger partial charge on any atom is 0.328 e. The highest BCUT2D eigenvalue weighted by Crippen LogP contribution is 2.53. The Morgan fingerprint density at radius 2 is 2.07 bits per heavy atom. The van der Waals surface area contributed by atoms with Crippen LogP contribution in [-0.2, 0) is 9.30 Å². The van der Waals surface area contributed by atoms with Crippen LogP contribution in [0.4, 0.5) is 0 Å². The summed E-state index contributed by atoms with van der Waals surface area (Å²) in [7, 11) is -2.24. The fraction of sp³-hybridized carbons (Fsp3) is 1.00. The van der Waals surface area contributed by atoms with Gasteiger partial charge in [-0.2, -0.15) is 0 Å². The zero-order valence-corrected chi connectivity index (χ0v) is 9.69. The summed E-state index contributed by atoms with van der Waals surface area (Å²) in [6, 6.07) is 0. The predicted octanol–water partition coefficient (Wildman–Crippen LogP) is 0.177. The molecule has 1 saturated carbocycles. The minimum Gasteiger partial charge on any atom is -0.380 e. The van der Waals surface area contributed by atoms with Crippen molar-refractivity contribution in [3.8, 4) is 0 Å². The normalized spacial score (nSPS) is 41.5. The first-order chi connectivity index (χ1) is 7.02. The lowest BCUT2D eigenvalue weighted by Crippen LogP contribution is -2.45. The topological polar surface area (TPSA) is 78.8 Å². The van der Waals surface area contributed by atoms with E-state index in [0.717, 1.165) is 13.1 Å². The zero-order chi connectivity index (χ0) is 11.1. The molecule has 0 aromatic rings. The molecule has 1 aliphatic carbocycles. The van der Waals surface area contributed by atoms with E-state index in [1.54, 1.807) is 7.11 Å². The van der Waals surface area contributed by atoms with Crippen molar-refractivity contribution in [1.29, 1.82) is 0 Å². The average Bonchev–Trinajstić information content (AvgIpc) is 2.59. The lowest BCUT2D eigenvalue weighted by atomic mass is 9.87. The van der Waals surface area contributed by atoms with E-state index in [0.29, 0.717) is 24.7 Å². The van der Waals surface area contributed by atoms with Crippen LogP contribution in [0.5, 0.6) is 0 Å². The Hall–Kier alpha value is 0.0700. The summed E-state index contributed by atoms with van der Waals surface area (Å²) in [6.07, 6.45) is 1.34. The third-order valence-corrected chi connectivity index (χ3v) is 5.11. The number of hydrogen-bond acceptors (Lipinski definition) is 3. The molecule has 1 saturated heterocycles. The summed E-state index contributed by atoms with van der Waals surface area (Å²) in [5.41, 5.74) is -0.454. The third-order valence-electron chi connectivity index (χ3n) is 3.73. The summed E-state index contributed by atoms with van der Waals surface area (Å²) < 4.78 is 16.6. The smallest absolute Gasteiger partial charge is 0.328 e. The van der Waals surface area contributed by atoms with Gasteiger partial charge in [0.05, 0.1) is 11.8 Å². The van der Waals surface area contributed by atoms with Gasteiger partial charge >= 0.3 is 7.60 Å². The van der Waals surface area contributed by atoms with Crippen molar-refractivity contribution in [2.24, 2.45) is 11.8 Å². The molecule has 2 rings (SSSR count). The van der Waals surface area contributed by atoms with Crippen molar-refractivity contribution < 1.29 is 19.1 Å². The Kier molecular flexibility index (Phi) is 3.20. The van der Waals surface area contributed by atoms with Gasteiger partial charge in [-0.25, -0.2) is 0 Å². The molecule has 88 valence electrons. The molecule has 0 spiro atoms. The van der Waals surface area contributed by atoms with E-state index >= 15 is 0 Å². The first-order valence-corrected chi connectivity index (χ1v) is 6.99. The van der Waals surface area contributed by atoms with Crippen molar-refractivity contribution in [3.05, 3.63) is 0 Å². The van der Waals surface area contributed by atoms with Crippen molar-refractivity contribution in [2.45, 2.75) is 24.6 Å². The second-order valence-corrected chi connectivity index (χ2v) is 6.48. The van der Waals surface area contributed by atoms with E-state index in [1.165, 1.54) is 0 Å². The van der Waals surface area contributed by atoms with Crippen LogP contribution >= 0.6 is 7.60 Å². The molecule has 0 radical (unpaired) electrons. The quantitative estimate of drug-likeness (QED) is 0.595. The molecule has 1 aliphatic heterocycles. The monoisotopic (exact) mass is 235 g/mol. The molecule has 5 nitrogen and oxygen atoms in total. The van der Waals surface area contributed by atoms with E-state index in [1.807, 2.05) is 0 Å². The van der Waals surface area contributed by atoms with E-state index < -0.39 is 13.3 Å². The first kappa shape index (κ1) is 11.6. The van der Waals surface area contributed by atoms with Gasteiger partial charge in [0.2, 0.25) is 0 Å². The fourth-order valence-corrected chi connectivity index (χ4v) is 3.98. The summed E-state index contributed by atoms with van der Waals surface area (Å²) in [6.45, 7) is 1.66. The Labute approximate surface area is 89.4 Å². The zero-order valence-electron chi connectivity index (χ0n) is 8.80. The second-order valence-electron chi connectivity index (χ2n) is 4.57. The molecule has 3 N–H and O–H groups in total. The van der Waals surface area contributed by atoms with Crippen LogP contribution in [0.1, 0.15) is 12.8 Å². The van der Waals surface area contributed by atoms with Crippen LogP contribution in [0.25, 0.3) is 0 Å². The Bertz CT molecular complexity index is 279. The highest BCUT2D eigenvalue weighted by molar-refractivity contribution is 7.52. The number of nitrogens with one attached hydrogen (secondary N) is 1. The van der Waals surface area contributed by atoms with Crippen LogP contribution < -0.4 is 5.32 Å². The van der Waals surface area contributed by atoms with Crippen molar-refractivity contribution in [2.75, 3.05) is 20.2 Å². The Balaban J connectivity index is 2.07. The molecule has 2 aliphatic rings. The van der Waals surface area contributed by atoms with Gasteiger partial charge in [-0.3, -0.25) is 4.57 Å². The molecule has 6 heteroatoms. The van der Waals surface area contributed by atoms with Gasteiger partial charge in [0, 0.05) is 13.7 Å². The SMILES string of the molecule is COC1CNCC2CC(P(=O)(O)O)CC21. The van der Waals surface area contributed by atoms with Gasteiger partial charge in [0.1, 0.15) is 0 Å². The van der Waals surface area contributed by atoms with E-state index in [2.05, 4.69) is 5.32 Å². The molecule has 2 fully saturated rings. The largest absolute Gasteiger partial charge is 0.380 e. The van der Waals surface area contributed by atoms with Crippen molar-refractivity contribution >= 4 is 7.60 Å². The highest BCUT2D eigenvalue weighted by atomic mass is 31.2. The van der Waals surface area contributed by atoms with Gasteiger partial charge in [-0.1, -0.05) is 0 Å². The number of ether oxygens (including phenoxy) is 1. The van der Waals surface area contributed by atoms with Crippen molar-refractivity contribution in [1.82, 2.24) is 5.32 Å². The van der Waals surface area contributed by atoms with E-state index in [-0.39, 0.29) is 6.10 Å². The number of hydrogen-bond donors (Lipinski definition) is 3. The molecular formula is C9H18NO4P. The van der Waals surface area contributed by atoms with E-state index in [4.69, 9.17) is 4.74 Å². The summed E-state index contributed by atoms with van der Waals surface area (Å²) >= 11 is 0. The average molecular weight is 235 g/mol. The number of methoxy groups -OCH3 is 1. The number of piperidine rings is 1. The molecule has 15 heavy (non-hydrogen) atoms. The van der Waals surface area contributed by atoms with Gasteiger partial charge in [-0.15, -0.1) is 0 Å². The van der Waals surface area contributed by atoms with Crippen LogP contribution in [0.3, 0.4) is 0 Å². The van der Waals surface area contributed by atoms with Crippen molar-refractivity contribution in [3.63, 3.8) is 0 Å². The molecule has 0 aromatic heterocycles. The predicted molar refractivity (Wildman–Crippen MR) is 55.7 cm³/mol. The first-order valence-electron chi connectivity index (χ1n) is 5.31. The molecule has 0 bridgehead atoms. The maximum absolute atomic E-state index is 11.2. The summed E-state index contributed by atoms with van der Waals surface area (Å²) in [5.74, 6) is 0.676. The van der Waals surface area contributed by atoms with Gasteiger partial charge in [-0.05, 0) is 31.2 Å². The Morgan fingerprint density at radius 1 is 1.33 bits per heavy atom. The number of rotatable bonds is 2. The molecule has 0 aromatic carbocycles. The molecule has 1 heterocycles. The standard InChI is InChI=1S/C9H18NO4P/c1-14-9-5-10-4-6-2-7(3-8(6)9)15(11,12)13/h6-10H,2-5H2,1H3,(H2,11,12,13). The van der Waals surface area contributed by atoms with Gasteiger partial charge < -0.3 is 19.8 Å². The summed E-state index contributed by atoms with van der Waals surface area (Å²) in [4.78, 5) is 18.3. The minimum atomic E-state index is -3.91. The molecule has 0 amide bonds. The lowest BCUT2D eigenvalue weighted by molar-refractivity contribution is 0.0181. The van der Waals surface area contributed by atoms with Crippen LogP contribution in [-0.4, -0.2) is 41.7 Å². The van der Waals surface area contributed by atoms with E-state index in [9.17, 15) is 14.4 Å². The second kappa shape index (κ2) is 4.15. The molecule has 4 atom stereocenters. The third kappa shape index (κ3) is 2.27. The van der Waals surface area contributed by atoms with Crippen LogP contribution in [0, 0.1) is 11.8 Å². The maximum atomic E-state index is 11.2. The van der Waals surface area contributed by atoms with Gasteiger partial charge in [0.25, 0.3) is 0 Å². The lowest BCUT2D eigenvalue weighted by Gasteiger charge is -2.33. The highest BCUT2D eigenvalue weighted by Gasteiger charge is 2.46. The Morgan fingerprint density at radius 3 is 2.67 bits per heavy atom. The van der Waals surface area contributed by atoms with Crippen LogP contribution in [0.2, 0.25) is 0 Å². The fourth-order valence-electron chi connectivity index (χ4n) is 2.91. The van der Waals surface area contributed by atoms with Crippen LogP contribution in [0.15, 0.2) is 0 Å². The molecular weight excluding hydrogens is 217 g/mol. The minimum absolute atomic E-state index is 0.111. The summed E-state index contributed by atoms with van der Waals surface area (Å²) in [5, 5.41) is 3.25. The van der Waals surface area contributed by atoms with Gasteiger partial charge in [0.15, 0.2) is 0 Å². The number of fused-ring (bicyclic) bond motifs is 1.